The zero-order valence-electron chi connectivity index (χ0n) is 12.4. The van der Waals surface area contributed by atoms with Gasteiger partial charge in [0.15, 0.2) is 0 Å². The number of nitro benzene ring substituents is 1. The standard InChI is InChI=1S/C12H14N2O4S.C2H6/c1-18-12(15)9-2-3-11(14(16)17)10(4-9)13-5-8-6-19-7-8;1-2/h2-4,8,13H,5-7H2,1H3;1-2H3. The van der Waals surface area contributed by atoms with Crippen molar-refractivity contribution >= 4 is 29.1 Å². The molecule has 1 fully saturated rings. The fourth-order valence-corrected chi connectivity index (χ4v) is 2.54. The first-order chi connectivity index (χ1) is 10.1. The second-order valence-electron chi connectivity index (χ2n) is 4.27. The van der Waals surface area contributed by atoms with Gasteiger partial charge in [0.1, 0.15) is 5.69 Å². The molecule has 0 saturated carbocycles. The molecule has 2 rings (SSSR count). The topological polar surface area (TPSA) is 81.5 Å². The Kier molecular flexibility index (Phi) is 7.01. The normalized spacial score (nSPS) is 13.5. The Morgan fingerprint density at radius 3 is 2.62 bits per heavy atom. The highest BCUT2D eigenvalue weighted by Crippen LogP contribution is 2.29. The van der Waals surface area contributed by atoms with E-state index in [2.05, 4.69) is 10.1 Å². The van der Waals surface area contributed by atoms with Gasteiger partial charge in [-0.25, -0.2) is 4.79 Å². The quantitative estimate of drug-likeness (QED) is 0.511. The molecule has 0 aromatic heterocycles. The molecule has 1 heterocycles. The average molecular weight is 312 g/mol. The van der Waals surface area contributed by atoms with Crippen molar-refractivity contribution in [3.05, 3.63) is 33.9 Å². The number of nitro groups is 1. The summed E-state index contributed by atoms with van der Waals surface area (Å²) in [5, 5.41) is 14.0. The van der Waals surface area contributed by atoms with Gasteiger partial charge >= 0.3 is 5.97 Å². The average Bonchev–Trinajstić information content (AvgIpc) is 2.46. The Labute approximate surface area is 128 Å². The summed E-state index contributed by atoms with van der Waals surface area (Å²) in [4.78, 5) is 21.9. The number of benzene rings is 1. The number of hydrogen-bond donors (Lipinski definition) is 1. The van der Waals surface area contributed by atoms with Crippen LogP contribution in [-0.4, -0.2) is 36.1 Å². The van der Waals surface area contributed by atoms with Gasteiger partial charge in [-0.2, -0.15) is 11.8 Å². The van der Waals surface area contributed by atoms with Crippen LogP contribution in [0.5, 0.6) is 0 Å². The van der Waals surface area contributed by atoms with Gasteiger partial charge in [0.05, 0.1) is 17.6 Å². The van der Waals surface area contributed by atoms with Gasteiger partial charge in [-0.15, -0.1) is 0 Å². The molecule has 21 heavy (non-hydrogen) atoms. The van der Waals surface area contributed by atoms with E-state index >= 15 is 0 Å². The molecule has 0 unspecified atom stereocenters. The number of carbonyl (C=O) groups excluding carboxylic acids is 1. The van der Waals surface area contributed by atoms with Crippen molar-refractivity contribution < 1.29 is 14.5 Å². The van der Waals surface area contributed by atoms with Crippen LogP contribution >= 0.6 is 11.8 Å². The summed E-state index contributed by atoms with van der Waals surface area (Å²) in [5.74, 6) is 2.16. The number of anilines is 1. The minimum absolute atomic E-state index is 0.0281. The Balaban J connectivity index is 0.00000106. The molecule has 1 aliphatic heterocycles. The number of hydrogen-bond acceptors (Lipinski definition) is 6. The summed E-state index contributed by atoms with van der Waals surface area (Å²) >= 11 is 1.85. The van der Waals surface area contributed by atoms with Gasteiger partial charge in [0, 0.05) is 12.6 Å². The van der Waals surface area contributed by atoms with Crippen LogP contribution in [0.25, 0.3) is 0 Å². The number of carbonyl (C=O) groups is 1. The van der Waals surface area contributed by atoms with Crippen LogP contribution in [0.2, 0.25) is 0 Å². The highest BCUT2D eigenvalue weighted by molar-refractivity contribution is 8.00. The van der Waals surface area contributed by atoms with Crippen LogP contribution in [0.3, 0.4) is 0 Å². The lowest BCUT2D eigenvalue weighted by molar-refractivity contribution is -0.384. The smallest absolute Gasteiger partial charge is 0.337 e. The van der Waals surface area contributed by atoms with Crippen molar-refractivity contribution in [2.75, 3.05) is 30.5 Å². The Bertz CT molecular complexity index is 504. The van der Waals surface area contributed by atoms with Gasteiger partial charge in [0.25, 0.3) is 5.69 Å². The first-order valence-corrected chi connectivity index (χ1v) is 7.95. The van der Waals surface area contributed by atoms with Gasteiger partial charge in [0.2, 0.25) is 0 Å². The number of nitrogens with one attached hydrogen (secondary N) is 1. The summed E-state index contributed by atoms with van der Waals surface area (Å²) < 4.78 is 4.61. The van der Waals surface area contributed by atoms with Crippen LogP contribution in [-0.2, 0) is 4.74 Å². The number of esters is 1. The van der Waals surface area contributed by atoms with Gasteiger partial charge in [-0.05, 0) is 29.6 Å². The lowest BCUT2D eigenvalue weighted by Gasteiger charge is -2.25. The summed E-state index contributed by atoms with van der Waals surface area (Å²) in [7, 11) is 1.28. The molecule has 1 aromatic rings. The highest BCUT2D eigenvalue weighted by Gasteiger charge is 2.21. The van der Waals surface area contributed by atoms with Crippen LogP contribution in [0, 0.1) is 16.0 Å². The van der Waals surface area contributed by atoms with Crippen LogP contribution < -0.4 is 5.32 Å². The van der Waals surface area contributed by atoms with Gasteiger partial charge in [-0.1, -0.05) is 13.8 Å². The minimum atomic E-state index is -0.503. The summed E-state index contributed by atoms with van der Waals surface area (Å²) in [6.45, 7) is 4.68. The fourth-order valence-electron chi connectivity index (χ4n) is 1.74. The van der Waals surface area contributed by atoms with Gasteiger partial charge < -0.3 is 10.1 Å². The van der Waals surface area contributed by atoms with E-state index < -0.39 is 10.9 Å². The van der Waals surface area contributed by atoms with E-state index in [1.807, 2.05) is 25.6 Å². The maximum Gasteiger partial charge on any atom is 0.337 e. The van der Waals surface area contributed by atoms with Crippen LogP contribution in [0.4, 0.5) is 11.4 Å². The second-order valence-corrected chi connectivity index (χ2v) is 5.34. The maximum absolute atomic E-state index is 11.4. The molecule has 1 N–H and O–H groups in total. The number of ether oxygens (including phenoxy) is 1. The van der Waals surface area contributed by atoms with Gasteiger partial charge in [-0.3, -0.25) is 10.1 Å². The lowest BCUT2D eigenvalue weighted by Crippen LogP contribution is -2.26. The number of nitrogens with zero attached hydrogens (tertiary/aromatic N) is 1. The van der Waals surface area contributed by atoms with Crippen molar-refractivity contribution in [3.63, 3.8) is 0 Å². The zero-order chi connectivity index (χ0) is 15.8. The largest absolute Gasteiger partial charge is 0.465 e. The fraction of sp³-hybridized carbons (Fsp3) is 0.500. The predicted molar refractivity (Wildman–Crippen MR) is 85.1 cm³/mol. The first-order valence-electron chi connectivity index (χ1n) is 6.80. The molecule has 1 aromatic carbocycles. The van der Waals surface area contributed by atoms with E-state index in [1.54, 1.807) is 0 Å². The number of methoxy groups -OCH3 is 1. The Hall–Kier alpha value is -1.76. The van der Waals surface area contributed by atoms with E-state index in [9.17, 15) is 14.9 Å². The summed E-state index contributed by atoms with van der Waals surface area (Å²) in [6.07, 6.45) is 0. The molecular formula is C14H20N2O4S. The van der Waals surface area contributed by atoms with Crippen LogP contribution in [0.1, 0.15) is 24.2 Å². The molecule has 0 atom stereocenters. The Morgan fingerprint density at radius 2 is 2.14 bits per heavy atom. The molecule has 6 nitrogen and oxygen atoms in total. The lowest BCUT2D eigenvalue weighted by atomic mass is 10.1. The third-order valence-electron chi connectivity index (χ3n) is 2.90. The number of rotatable bonds is 5. The molecule has 1 aliphatic rings. The molecule has 1 saturated heterocycles. The van der Waals surface area contributed by atoms with Crippen molar-refractivity contribution in [2.24, 2.45) is 5.92 Å². The molecule has 7 heteroatoms. The van der Waals surface area contributed by atoms with E-state index in [-0.39, 0.29) is 5.69 Å². The zero-order valence-corrected chi connectivity index (χ0v) is 13.2. The van der Waals surface area contributed by atoms with Crippen LogP contribution in [0.15, 0.2) is 18.2 Å². The molecule has 0 bridgehead atoms. The van der Waals surface area contributed by atoms with E-state index in [0.717, 1.165) is 11.5 Å². The first kappa shape index (κ1) is 17.3. The molecular weight excluding hydrogens is 292 g/mol. The summed E-state index contributed by atoms with van der Waals surface area (Å²) in [6, 6.07) is 4.19. The van der Waals surface area contributed by atoms with Crippen molar-refractivity contribution in [1.29, 1.82) is 0 Å². The SMILES string of the molecule is CC.COC(=O)c1ccc([N+](=O)[O-])c(NCC2CSC2)c1. The molecule has 0 aliphatic carbocycles. The van der Waals surface area contributed by atoms with Crippen molar-refractivity contribution in [1.82, 2.24) is 0 Å². The van der Waals surface area contributed by atoms with E-state index in [0.29, 0.717) is 23.7 Å². The molecule has 0 radical (unpaired) electrons. The van der Waals surface area contributed by atoms with Crippen molar-refractivity contribution in [3.8, 4) is 0 Å². The maximum atomic E-state index is 11.4. The Morgan fingerprint density at radius 1 is 1.48 bits per heavy atom. The molecule has 0 amide bonds. The third-order valence-corrected chi connectivity index (χ3v) is 4.32. The summed E-state index contributed by atoms with van der Waals surface area (Å²) in [5.41, 5.74) is 0.642. The minimum Gasteiger partial charge on any atom is -0.465 e. The monoisotopic (exact) mass is 312 g/mol. The second kappa shape index (κ2) is 8.51. The van der Waals surface area contributed by atoms with Crippen molar-refractivity contribution in [2.45, 2.75) is 13.8 Å². The third kappa shape index (κ3) is 4.63. The van der Waals surface area contributed by atoms with E-state index in [1.165, 1.54) is 25.3 Å². The highest BCUT2D eigenvalue weighted by atomic mass is 32.2. The molecule has 0 spiro atoms. The molecule has 116 valence electrons. The predicted octanol–water partition coefficient (Wildman–Crippen LogP) is 3.18. The number of thioether (sulfide) groups is 1. The van der Waals surface area contributed by atoms with E-state index in [4.69, 9.17) is 0 Å².